The van der Waals surface area contributed by atoms with Crippen LogP contribution in [0.5, 0.6) is 11.5 Å². The first-order valence-electron chi connectivity index (χ1n) is 10.2. The summed E-state index contributed by atoms with van der Waals surface area (Å²) in [4.78, 5) is 45.3. The van der Waals surface area contributed by atoms with Gasteiger partial charge in [-0.15, -0.1) is 0 Å². The van der Waals surface area contributed by atoms with E-state index in [-0.39, 0.29) is 25.2 Å². The van der Waals surface area contributed by atoms with Gasteiger partial charge in [0.2, 0.25) is 0 Å². The summed E-state index contributed by atoms with van der Waals surface area (Å²) in [6, 6.07) is 0.426. The lowest BCUT2D eigenvalue weighted by molar-refractivity contribution is -0.153. The van der Waals surface area contributed by atoms with Crippen LogP contribution in [0.4, 0.5) is 0 Å². The van der Waals surface area contributed by atoms with Gasteiger partial charge >= 0.3 is 23.9 Å². The average Bonchev–Trinajstić information content (AvgIpc) is 2.71. The molecule has 20 heteroatoms. The Morgan fingerprint density at radius 2 is 1.47 bits per heavy atom. The Hall–Kier alpha value is -3.40. The number of ether oxygens (including phenoxy) is 1. The highest BCUT2D eigenvalue weighted by Gasteiger charge is 2.43. The molecule has 0 radical (unpaired) electrons. The number of carbonyl (C=O) groups excluding carboxylic acids is 1. The van der Waals surface area contributed by atoms with Crippen molar-refractivity contribution in [1.29, 1.82) is 0 Å². The summed E-state index contributed by atoms with van der Waals surface area (Å²) < 4.78 is 69.4. The Morgan fingerprint density at radius 3 is 1.89 bits per heavy atom. The SMILES string of the molecule is NCCNCC(CC(=O)O)(CC(=O)O)N(CC(=O)O)CC(=O)Oc1c(O)cc(S(=O)(=O)O)cc1S(=O)(=O)O. The second-order valence-electron chi connectivity index (χ2n) is 7.77. The molecule has 9 N–H and O–H groups in total. The van der Waals surface area contributed by atoms with Crippen LogP contribution in [0, 0.1) is 0 Å². The molecule has 0 heterocycles. The summed E-state index contributed by atoms with van der Waals surface area (Å²) in [6.45, 7) is -2.74. The third-order valence-electron chi connectivity index (χ3n) is 4.85. The van der Waals surface area contributed by atoms with Crippen LogP contribution >= 0.6 is 0 Å². The predicted octanol–water partition coefficient (Wildman–Crippen LogP) is -2.59. The Balaban J connectivity index is 3.58. The van der Waals surface area contributed by atoms with E-state index in [0.29, 0.717) is 4.90 Å². The number of carbonyl (C=O) groups is 4. The van der Waals surface area contributed by atoms with E-state index in [1.54, 1.807) is 0 Å². The van der Waals surface area contributed by atoms with E-state index in [1.807, 2.05) is 0 Å². The number of hydrogen-bond acceptors (Lipinski definition) is 13. The van der Waals surface area contributed by atoms with Crippen molar-refractivity contribution >= 4 is 44.1 Å². The Bertz CT molecular complexity index is 1280. The number of esters is 1. The number of rotatable bonds is 16. The van der Waals surface area contributed by atoms with Gasteiger partial charge in [-0.2, -0.15) is 16.8 Å². The zero-order valence-corrected chi connectivity index (χ0v) is 20.9. The molecule has 18 nitrogen and oxygen atoms in total. The molecule has 0 saturated carbocycles. The molecule has 1 aromatic rings. The smallest absolute Gasteiger partial charge is 0.325 e. The van der Waals surface area contributed by atoms with Crippen molar-refractivity contribution in [1.82, 2.24) is 10.2 Å². The molecule has 214 valence electrons. The number of nitrogens with one attached hydrogen (secondary N) is 1. The number of nitrogens with two attached hydrogens (primary N) is 1. The molecule has 1 rings (SSSR count). The fourth-order valence-corrected chi connectivity index (χ4v) is 4.63. The van der Waals surface area contributed by atoms with Crippen LogP contribution in [-0.4, -0.2) is 113 Å². The van der Waals surface area contributed by atoms with Gasteiger partial charge in [0.05, 0.1) is 36.4 Å². The molecule has 0 amide bonds. The van der Waals surface area contributed by atoms with Gasteiger partial charge < -0.3 is 36.2 Å². The zero-order valence-electron chi connectivity index (χ0n) is 19.3. The van der Waals surface area contributed by atoms with Gasteiger partial charge in [0.25, 0.3) is 20.2 Å². The van der Waals surface area contributed by atoms with Gasteiger partial charge in [0.15, 0.2) is 11.5 Å². The lowest BCUT2D eigenvalue weighted by atomic mass is 9.88. The number of carboxylic acids is 3. The molecule has 0 aliphatic heterocycles. The summed E-state index contributed by atoms with van der Waals surface area (Å²) >= 11 is 0. The van der Waals surface area contributed by atoms with Crippen LogP contribution in [0.25, 0.3) is 0 Å². The number of hydrogen-bond donors (Lipinski definition) is 8. The van der Waals surface area contributed by atoms with Crippen LogP contribution in [0.1, 0.15) is 12.8 Å². The molecular formula is C18H25N3O15S2. The summed E-state index contributed by atoms with van der Waals surface area (Å²) in [5, 5.41) is 40.8. The second-order valence-corrected chi connectivity index (χ2v) is 10.6. The molecule has 0 aromatic heterocycles. The van der Waals surface area contributed by atoms with E-state index in [2.05, 4.69) is 5.32 Å². The monoisotopic (exact) mass is 587 g/mol. The van der Waals surface area contributed by atoms with Crippen molar-refractivity contribution < 1.29 is 70.3 Å². The molecule has 0 spiro atoms. The van der Waals surface area contributed by atoms with Crippen molar-refractivity contribution in [2.24, 2.45) is 5.73 Å². The van der Waals surface area contributed by atoms with Crippen molar-refractivity contribution in [3.8, 4) is 11.5 Å². The Labute approximate surface area is 215 Å². The summed E-state index contributed by atoms with van der Waals surface area (Å²) in [5.74, 6) is -9.03. The molecule has 0 bridgehead atoms. The molecule has 0 fully saturated rings. The first-order chi connectivity index (χ1) is 17.3. The molecule has 0 aliphatic rings. The summed E-state index contributed by atoms with van der Waals surface area (Å²) in [7, 11) is -10.5. The van der Waals surface area contributed by atoms with Crippen LogP contribution in [-0.2, 0) is 39.4 Å². The van der Waals surface area contributed by atoms with E-state index in [4.69, 9.17) is 15.0 Å². The normalized spacial score (nSPS) is 12.3. The molecule has 0 atom stereocenters. The number of carboxylic acid groups (broad SMARTS) is 3. The van der Waals surface area contributed by atoms with Crippen LogP contribution < -0.4 is 15.8 Å². The molecular weight excluding hydrogens is 562 g/mol. The highest BCUT2D eigenvalue weighted by Crippen LogP contribution is 2.37. The maximum absolute atomic E-state index is 12.7. The highest BCUT2D eigenvalue weighted by atomic mass is 32.2. The maximum atomic E-state index is 12.7. The van der Waals surface area contributed by atoms with Crippen molar-refractivity contribution in [2.75, 3.05) is 32.7 Å². The quantitative estimate of drug-likeness (QED) is 0.0425. The van der Waals surface area contributed by atoms with E-state index in [9.17, 15) is 61.0 Å². The van der Waals surface area contributed by atoms with Crippen molar-refractivity contribution in [2.45, 2.75) is 28.2 Å². The van der Waals surface area contributed by atoms with Gasteiger partial charge in [-0.25, -0.2) is 0 Å². The standard InChI is InChI=1S/C18H25N3O15S2/c19-1-2-20-9-18(5-13(23)24,6-14(25)26)21(7-15(27)28)8-16(29)36-17-11(22)3-10(37(30,31)32)4-12(17)38(33,34)35/h3-4,20,22H,1-2,5-9,19H2,(H,23,24)(H,25,26)(H,27,28)(H,30,31,32)(H,33,34,35). The highest BCUT2D eigenvalue weighted by molar-refractivity contribution is 7.86. The maximum Gasteiger partial charge on any atom is 0.325 e. The number of benzene rings is 1. The first kappa shape index (κ1) is 32.6. The Morgan fingerprint density at radius 1 is 0.921 bits per heavy atom. The van der Waals surface area contributed by atoms with Gasteiger partial charge in [-0.1, -0.05) is 0 Å². The molecule has 1 aromatic carbocycles. The number of aromatic hydroxyl groups is 1. The summed E-state index contributed by atoms with van der Waals surface area (Å²) in [6.07, 6.45) is -2.00. The lowest BCUT2D eigenvalue weighted by Gasteiger charge is -2.41. The van der Waals surface area contributed by atoms with E-state index < -0.39 is 103 Å². The molecule has 0 saturated heterocycles. The minimum Gasteiger partial charge on any atom is -0.504 e. The number of nitrogens with zero attached hydrogens (tertiary/aromatic N) is 1. The molecule has 38 heavy (non-hydrogen) atoms. The lowest BCUT2D eigenvalue weighted by Crippen LogP contribution is -2.60. The van der Waals surface area contributed by atoms with Gasteiger partial charge in [0, 0.05) is 25.7 Å². The van der Waals surface area contributed by atoms with Crippen molar-refractivity contribution in [3.05, 3.63) is 12.1 Å². The van der Waals surface area contributed by atoms with E-state index in [1.165, 1.54) is 0 Å². The van der Waals surface area contributed by atoms with Gasteiger partial charge in [-0.3, -0.25) is 33.2 Å². The van der Waals surface area contributed by atoms with Crippen LogP contribution in [0.2, 0.25) is 0 Å². The van der Waals surface area contributed by atoms with E-state index >= 15 is 0 Å². The first-order valence-corrected chi connectivity index (χ1v) is 13.0. The van der Waals surface area contributed by atoms with Gasteiger partial charge in [0.1, 0.15) is 4.90 Å². The fourth-order valence-electron chi connectivity index (χ4n) is 3.37. The van der Waals surface area contributed by atoms with Crippen LogP contribution in [0.3, 0.4) is 0 Å². The van der Waals surface area contributed by atoms with E-state index in [0.717, 1.165) is 0 Å². The predicted molar refractivity (Wildman–Crippen MR) is 122 cm³/mol. The number of phenolic OH excluding ortho intramolecular Hbond substituents is 1. The zero-order chi connectivity index (χ0) is 29.5. The van der Waals surface area contributed by atoms with Crippen molar-refractivity contribution in [3.63, 3.8) is 0 Å². The minimum atomic E-state index is -5.40. The topological polar surface area (TPSA) is 308 Å². The third-order valence-corrected chi connectivity index (χ3v) is 6.54. The average molecular weight is 588 g/mol. The molecule has 0 aliphatic carbocycles. The summed E-state index contributed by atoms with van der Waals surface area (Å²) in [5.41, 5.74) is 3.28. The van der Waals surface area contributed by atoms with Gasteiger partial charge in [-0.05, 0) is 6.07 Å². The third kappa shape index (κ3) is 9.48. The second kappa shape index (κ2) is 12.9. The van der Waals surface area contributed by atoms with Crippen LogP contribution in [0.15, 0.2) is 21.9 Å². The fraction of sp³-hybridized carbons (Fsp3) is 0.444. The Kier molecular flexibility index (Phi) is 11.1. The number of phenols is 1. The minimum absolute atomic E-state index is 0.0223. The largest absolute Gasteiger partial charge is 0.504 e. The number of aliphatic carboxylic acids is 3. The molecule has 0 unspecified atom stereocenters.